The van der Waals surface area contributed by atoms with Gasteiger partial charge >= 0.3 is 0 Å². The van der Waals surface area contributed by atoms with Crippen LogP contribution >= 0.6 is 0 Å². The molecule has 1 atom stereocenters. The molecular weight excluding hydrogens is 204 g/mol. The summed E-state index contributed by atoms with van der Waals surface area (Å²) in [6, 6.07) is 0. The zero-order valence-corrected chi connectivity index (χ0v) is 10.0. The molecule has 0 aromatic carbocycles. The Morgan fingerprint density at radius 1 is 1.50 bits per heavy atom. The lowest BCUT2D eigenvalue weighted by molar-refractivity contribution is 0.199. The smallest absolute Gasteiger partial charge is 0.217 e. The Morgan fingerprint density at radius 3 is 2.36 bits per heavy atom. The van der Waals surface area contributed by atoms with Crippen molar-refractivity contribution in [1.82, 2.24) is 4.72 Å². The van der Waals surface area contributed by atoms with Gasteiger partial charge in [-0.1, -0.05) is 0 Å². The highest BCUT2D eigenvalue weighted by atomic mass is 32.2. The molecule has 86 valence electrons. The second kappa shape index (κ2) is 5.06. The lowest BCUT2D eigenvalue weighted by Crippen LogP contribution is -2.51. The second-order valence-electron chi connectivity index (χ2n) is 4.00. The Balaban J connectivity index is 4.49. The van der Waals surface area contributed by atoms with Gasteiger partial charge in [0.1, 0.15) is 0 Å². The standard InChI is InChI=1S/C8H20N2O3S/c1-7(5-13-4)14(11,12)10-8(2,3)6-9/h7,10H,5-6,9H2,1-4H3. The van der Waals surface area contributed by atoms with E-state index < -0.39 is 20.8 Å². The molecule has 6 heteroatoms. The van der Waals surface area contributed by atoms with Gasteiger partial charge in [0, 0.05) is 19.2 Å². The van der Waals surface area contributed by atoms with Crippen molar-refractivity contribution in [3.05, 3.63) is 0 Å². The van der Waals surface area contributed by atoms with Crippen LogP contribution in [0.3, 0.4) is 0 Å². The van der Waals surface area contributed by atoms with E-state index in [1.165, 1.54) is 7.11 Å². The van der Waals surface area contributed by atoms with Crippen LogP contribution in [0.4, 0.5) is 0 Å². The number of nitrogens with one attached hydrogen (secondary N) is 1. The molecule has 0 aromatic rings. The molecule has 0 heterocycles. The summed E-state index contributed by atoms with van der Waals surface area (Å²) in [6.45, 7) is 5.51. The van der Waals surface area contributed by atoms with E-state index in [0.717, 1.165) is 0 Å². The maximum absolute atomic E-state index is 11.6. The van der Waals surface area contributed by atoms with Crippen molar-refractivity contribution in [1.29, 1.82) is 0 Å². The van der Waals surface area contributed by atoms with Crippen molar-refractivity contribution in [3.8, 4) is 0 Å². The van der Waals surface area contributed by atoms with Gasteiger partial charge in [-0.3, -0.25) is 0 Å². The molecule has 0 aliphatic carbocycles. The van der Waals surface area contributed by atoms with Gasteiger partial charge in [0.15, 0.2) is 0 Å². The lowest BCUT2D eigenvalue weighted by Gasteiger charge is -2.26. The van der Waals surface area contributed by atoms with Crippen LogP contribution in [0.5, 0.6) is 0 Å². The maximum atomic E-state index is 11.6. The third kappa shape index (κ3) is 4.36. The van der Waals surface area contributed by atoms with Crippen molar-refractivity contribution < 1.29 is 13.2 Å². The monoisotopic (exact) mass is 224 g/mol. The molecule has 14 heavy (non-hydrogen) atoms. The highest BCUT2D eigenvalue weighted by molar-refractivity contribution is 7.90. The molecule has 0 aliphatic heterocycles. The van der Waals surface area contributed by atoms with Crippen molar-refractivity contribution in [3.63, 3.8) is 0 Å². The molecule has 0 saturated carbocycles. The minimum absolute atomic E-state index is 0.177. The molecule has 0 radical (unpaired) electrons. The van der Waals surface area contributed by atoms with Gasteiger partial charge in [-0.15, -0.1) is 0 Å². The maximum Gasteiger partial charge on any atom is 0.217 e. The Hall–Kier alpha value is -0.170. The normalized spacial score (nSPS) is 15.5. The van der Waals surface area contributed by atoms with E-state index in [0.29, 0.717) is 0 Å². The van der Waals surface area contributed by atoms with E-state index in [4.69, 9.17) is 10.5 Å². The van der Waals surface area contributed by atoms with E-state index >= 15 is 0 Å². The first-order chi connectivity index (χ1) is 6.25. The average molecular weight is 224 g/mol. The molecule has 3 N–H and O–H groups in total. The Morgan fingerprint density at radius 2 is 2.00 bits per heavy atom. The number of sulfonamides is 1. The summed E-state index contributed by atoms with van der Waals surface area (Å²) >= 11 is 0. The number of nitrogens with two attached hydrogens (primary N) is 1. The van der Waals surface area contributed by atoms with E-state index in [1.807, 2.05) is 0 Å². The van der Waals surface area contributed by atoms with E-state index in [9.17, 15) is 8.42 Å². The minimum Gasteiger partial charge on any atom is -0.383 e. The largest absolute Gasteiger partial charge is 0.383 e. The van der Waals surface area contributed by atoms with Crippen molar-refractivity contribution in [2.24, 2.45) is 5.73 Å². The van der Waals surface area contributed by atoms with Gasteiger partial charge < -0.3 is 10.5 Å². The predicted octanol–water partition coefficient (Wildman–Crippen LogP) is -0.322. The molecule has 5 nitrogen and oxygen atoms in total. The molecule has 0 aromatic heterocycles. The fraction of sp³-hybridized carbons (Fsp3) is 1.00. The lowest BCUT2D eigenvalue weighted by atomic mass is 10.1. The topological polar surface area (TPSA) is 81.4 Å². The van der Waals surface area contributed by atoms with Crippen LogP contribution in [0.15, 0.2) is 0 Å². The Bertz CT molecular complexity index is 262. The fourth-order valence-electron chi connectivity index (χ4n) is 0.852. The zero-order chi connectivity index (χ0) is 11.4. The summed E-state index contributed by atoms with van der Waals surface area (Å²) in [5.74, 6) is 0. The highest BCUT2D eigenvalue weighted by Crippen LogP contribution is 2.06. The fourth-order valence-corrected chi connectivity index (χ4v) is 2.22. The van der Waals surface area contributed by atoms with E-state index in [2.05, 4.69) is 4.72 Å². The van der Waals surface area contributed by atoms with Gasteiger partial charge in [-0.2, -0.15) is 0 Å². The summed E-state index contributed by atoms with van der Waals surface area (Å²) in [7, 11) is -1.87. The first-order valence-electron chi connectivity index (χ1n) is 4.47. The third-order valence-electron chi connectivity index (χ3n) is 1.86. The van der Waals surface area contributed by atoms with Gasteiger partial charge in [0.05, 0.1) is 11.9 Å². The molecule has 1 unspecified atom stereocenters. The summed E-state index contributed by atoms with van der Waals surface area (Å²) in [5.41, 5.74) is 4.82. The Kier molecular flexibility index (Phi) is 5.00. The van der Waals surface area contributed by atoms with Gasteiger partial charge in [-0.25, -0.2) is 13.1 Å². The van der Waals surface area contributed by atoms with Gasteiger partial charge in [-0.05, 0) is 20.8 Å². The quantitative estimate of drug-likeness (QED) is 0.648. The van der Waals surface area contributed by atoms with Crippen LogP contribution in [0.25, 0.3) is 0 Å². The molecule has 0 fully saturated rings. The number of hydrogen-bond donors (Lipinski definition) is 2. The molecule has 0 bridgehead atoms. The summed E-state index contributed by atoms with van der Waals surface area (Å²) in [4.78, 5) is 0. The number of methoxy groups -OCH3 is 1. The van der Waals surface area contributed by atoms with Crippen LogP contribution in [0, 0.1) is 0 Å². The molecule has 0 rings (SSSR count). The van der Waals surface area contributed by atoms with Gasteiger partial charge in [0.2, 0.25) is 10.0 Å². The van der Waals surface area contributed by atoms with Crippen LogP contribution < -0.4 is 10.5 Å². The molecular formula is C8H20N2O3S. The van der Waals surface area contributed by atoms with Crippen LogP contribution in [-0.2, 0) is 14.8 Å². The minimum atomic E-state index is -3.35. The molecule has 0 spiro atoms. The average Bonchev–Trinajstić information content (AvgIpc) is 2.03. The molecule has 0 saturated heterocycles. The van der Waals surface area contributed by atoms with E-state index in [-0.39, 0.29) is 13.2 Å². The number of rotatable bonds is 6. The first kappa shape index (κ1) is 13.8. The zero-order valence-electron chi connectivity index (χ0n) is 9.20. The highest BCUT2D eigenvalue weighted by Gasteiger charge is 2.27. The van der Waals surface area contributed by atoms with Crippen LogP contribution in [0.2, 0.25) is 0 Å². The molecule has 0 aliphatic rings. The Labute approximate surface area is 86.1 Å². The third-order valence-corrected chi connectivity index (χ3v) is 3.89. The van der Waals surface area contributed by atoms with Crippen LogP contribution in [-0.4, -0.2) is 39.5 Å². The van der Waals surface area contributed by atoms with Crippen molar-refractivity contribution >= 4 is 10.0 Å². The first-order valence-corrected chi connectivity index (χ1v) is 6.01. The molecule has 0 amide bonds. The SMILES string of the molecule is COCC(C)S(=O)(=O)NC(C)(C)CN. The summed E-state index contributed by atoms with van der Waals surface area (Å²) in [6.07, 6.45) is 0. The van der Waals surface area contributed by atoms with Gasteiger partial charge in [0.25, 0.3) is 0 Å². The number of ether oxygens (including phenoxy) is 1. The summed E-state index contributed by atoms with van der Waals surface area (Å²) in [5, 5.41) is -0.571. The number of hydrogen-bond acceptors (Lipinski definition) is 4. The summed E-state index contributed by atoms with van der Waals surface area (Å²) < 4.78 is 30.6. The predicted molar refractivity (Wildman–Crippen MR) is 56.5 cm³/mol. The van der Waals surface area contributed by atoms with Crippen molar-refractivity contribution in [2.45, 2.75) is 31.6 Å². The van der Waals surface area contributed by atoms with Crippen LogP contribution in [0.1, 0.15) is 20.8 Å². The van der Waals surface area contributed by atoms with Crippen molar-refractivity contribution in [2.75, 3.05) is 20.3 Å². The second-order valence-corrected chi connectivity index (χ2v) is 6.10. The van der Waals surface area contributed by atoms with E-state index in [1.54, 1.807) is 20.8 Å².